The Bertz CT molecular complexity index is 1640. The van der Waals surface area contributed by atoms with E-state index < -0.39 is 62.9 Å². The second kappa shape index (κ2) is 9.65. The Morgan fingerprint density at radius 2 is 1.52 bits per heavy atom. The van der Waals surface area contributed by atoms with Crippen molar-refractivity contribution in [2.24, 2.45) is 45.8 Å². The van der Waals surface area contributed by atoms with Crippen LogP contribution in [0.1, 0.15) is 104 Å². The van der Waals surface area contributed by atoms with Crippen LogP contribution in [0.3, 0.4) is 0 Å². The van der Waals surface area contributed by atoms with E-state index in [2.05, 4.69) is 0 Å². The van der Waals surface area contributed by atoms with Crippen LogP contribution in [0, 0.1) is 45.8 Å². The van der Waals surface area contributed by atoms with Gasteiger partial charge in [-0.3, -0.25) is 19.2 Å². The first-order chi connectivity index (χ1) is 21.4. The molecule has 0 saturated heterocycles. The quantitative estimate of drug-likeness (QED) is 0.209. The van der Waals surface area contributed by atoms with E-state index in [1.807, 2.05) is 20.8 Å². The molecule has 246 valence electrons. The van der Waals surface area contributed by atoms with Crippen molar-refractivity contribution in [3.05, 3.63) is 46.0 Å². The first-order valence-corrected chi connectivity index (χ1v) is 17.0. The van der Waals surface area contributed by atoms with Crippen molar-refractivity contribution in [3.8, 4) is 5.75 Å². The standard InChI is InChI=1S/C38H46O8/c1-17(2)28-18(3)26(20(5)39)31(42)38(45)32(43)29-30(41)27-24(9-8-10-25(27)40)19(4)35(29,6)33(36(28,38)7)46-34(44)37-14-21-11-22(15-37)13-23(12-21)16-37/h8-10,17,19,21-23,28,33,40-41,45H,11-16H2,1-7H3/t19-,21?,22?,23?,28+,33-,35+,36+,37?,38+/m0/s1. The number of hydrogen-bond donors (Lipinski definition) is 3. The van der Waals surface area contributed by atoms with Gasteiger partial charge in [0.25, 0.3) is 0 Å². The number of aliphatic hydroxyl groups excluding tert-OH is 1. The summed E-state index contributed by atoms with van der Waals surface area (Å²) in [5.41, 5.74) is -5.99. The van der Waals surface area contributed by atoms with Crippen LogP contribution in [0.5, 0.6) is 5.75 Å². The number of ether oxygens (including phenoxy) is 1. The SMILES string of the molecule is CC(=O)C1=C(C)[C@@H](C(C)C)[C@]2(C)[C@@H](OC(=O)C34CC5CC(CC(C5)C3)C4)[C@@]3(C)C(=C(O)c4c(O)cccc4[C@@H]3C)C(=O)[C@]2(O)C1=O. The molecule has 5 saturated carbocycles. The van der Waals surface area contributed by atoms with E-state index in [1.54, 1.807) is 32.9 Å². The number of aliphatic hydroxyl groups is 2. The molecule has 46 heavy (non-hydrogen) atoms. The third kappa shape index (κ3) is 3.54. The summed E-state index contributed by atoms with van der Waals surface area (Å²) < 4.78 is 6.85. The molecule has 1 aromatic rings. The largest absolute Gasteiger partial charge is 0.507 e. The van der Waals surface area contributed by atoms with E-state index in [9.17, 15) is 34.5 Å². The molecule has 3 N–H and O–H groups in total. The van der Waals surface area contributed by atoms with Crippen LogP contribution in [0.15, 0.2) is 34.9 Å². The molecular weight excluding hydrogens is 584 g/mol. The minimum atomic E-state index is -2.82. The number of phenols is 1. The Labute approximate surface area is 270 Å². The third-order valence-electron chi connectivity index (χ3n) is 13.7. The molecule has 5 fully saturated rings. The van der Waals surface area contributed by atoms with Crippen molar-refractivity contribution in [1.29, 1.82) is 0 Å². The Kier molecular flexibility index (Phi) is 6.57. The molecule has 7 aliphatic carbocycles. The fourth-order valence-electron chi connectivity index (χ4n) is 12.2. The minimum absolute atomic E-state index is 0.0522. The maximum absolute atomic E-state index is 15.0. The normalized spacial score (nSPS) is 42.6. The van der Waals surface area contributed by atoms with Crippen LogP contribution in [-0.4, -0.2) is 50.3 Å². The van der Waals surface area contributed by atoms with Gasteiger partial charge in [-0.2, -0.15) is 0 Å². The zero-order valence-corrected chi connectivity index (χ0v) is 27.9. The summed E-state index contributed by atoms with van der Waals surface area (Å²) >= 11 is 0. The van der Waals surface area contributed by atoms with E-state index in [0.29, 0.717) is 28.9 Å². The van der Waals surface area contributed by atoms with Gasteiger partial charge in [-0.1, -0.05) is 52.3 Å². The molecular formula is C38H46O8. The van der Waals surface area contributed by atoms with E-state index in [1.165, 1.54) is 13.0 Å². The molecule has 0 aliphatic heterocycles. The lowest BCUT2D eigenvalue weighted by Crippen LogP contribution is -2.77. The number of phenolic OH excluding ortho intramolecular Hbond substituents is 1. The summed E-state index contributed by atoms with van der Waals surface area (Å²) in [4.78, 5) is 57.3. The smallest absolute Gasteiger partial charge is 0.312 e. The maximum atomic E-state index is 15.0. The van der Waals surface area contributed by atoms with Crippen molar-refractivity contribution < 1.29 is 39.2 Å². The summed E-state index contributed by atoms with van der Waals surface area (Å²) in [6.45, 7) is 12.1. The average molecular weight is 631 g/mol. The molecule has 0 heterocycles. The number of aromatic hydroxyl groups is 1. The number of fused-ring (bicyclic) bond motifs is 3. The number of esters is 1. The Hall–Kier alpha value is -3.26. The van der Waals surface area contributed by atoms with Crippen LogP contribution < -0.4 is 0 Å². The van der Waals surface area contributed by atoms with Gasteiger partial charge in [-0.05, 0) is 99.5 Å². The number of carbonyl (C=O) groups excluding carboxylic acids is 4. The van der Waals surface area contributed by atoms with Gasteiger partial charge in [0.2, 0.25) is 11.6 Å². The van der Waals surface area contributed by atoms with Gasteiger partial charge >= 0.3 is 5.97 Å². The second-order valence-electron chi connectivity index (χ2n) is 16.4. The summed E-state index contributed by atoms with van der Waals surface area (Å²) in [5.74, 6) is -3.95. The highest BCUT2D eigenvalue weighted by Gasteiger charge is 2.78. The minimum Gasteiger partial charge on any atom is -0.507 e. The lowest BCUT2D eigenvalue weighted by atomic mass is 9.39. The number of carbonyl (C=O) groups is 4. The number of benzene rings is 1. The summed E-state index contributed by atoms with van der Waals surface area (Å²) in [6, 6.07) is 4.84. The number of allylic oxidation sites excluding steroid dienone is 1. The molecule has 0 aromatic heterocycles. The van der Waals surface area contributed by atoms with Gasteiger partial charge in [0.1, 0.15) is 17.6 Å². The topological polar surface area (TPSA) is 138 Å². The van der Waals surface area contributed by atoms with Crippen LogP contribution in [0.2, 0.25) is 0 Å². The summed E-state index contributed by atoms with van der Waals surface area (Å²) in [5, 5.41) is 35.7. The zero-order chi connectivity index (χ0) is 33.5. The summed E-state index contributed by atoms with van der Waals surface area (Å²) in [7, 11) is 0. The van der Waals surface area contributed by atoms with Crippen LogP contribution >= 0.6 is 0 Å². The van der Waals surface area contributed by atoms with E-state index in [-0.39, 0.29) is 34.3 Å². The van der Waals surface area contributed by atoms with Gasteiger partial charge in [0.15, 0.2) is 11.4 Å². The zero-order valence-electron chi connectivity index (χ0n) is 27.9. The molecule has 8 rings (SSSR count). The number of ketones is 3. The average Bonchev–Trinajstić information content (AvgIpc) is 2.95. The van der Waals surface area contributed by atoms with E-state index >= 15 is 0 Å². The lowest BCUT2D eigenvalue weighted by molar-refractivity contribution is -0.232. The molecule has 1 aromatic carbocycles. The maximum Gasteiger partial charge on any atom is 0.312 e. The molecule has 6 atom stereocenters. The number of hydrogen-bond acceptors (Lipinski definition) is 8. The van der Waals surface area contributed by atoms with Gasteiger partial charge in [-0.15, -0.1) is 0 Å². The molecule has 8 heteroatoms. The van der Waals surface area contributed by atoms with Gasteiger partial charge in [0.05, 0.1) is 27.5 Å². The molecule has 0 spiro atoms. The number of rotatable bonds is 4. The lowest BCUT2D eigenvalue weighted by Gasteiger charge is -2.65. The van der Waals surface area contributed by atoms with Gasteiger partial charge in [-0.25, -0.2) is 0 Å². The molecule has 4 bridgehead atoms. The number of Topliss-reactive ketones (excluding diaryl/α,β-unsaturated/α-hetero) is 3. The fourth-order valence-corrected chi connectivity index (χ4v) is 12.2. The predicted molar refractivity (Wildman–Crippen MR) is 169 cm³/mol. The predicted octanol–water partition coefficient (Wildman–Crippen LogP) is 5.99. The Balaban J connectivity index is 1.51. The molecule has 0 unspecified atom stereocenters. The highest BCUT2D eigenvalue weighted by Crippen LogP contribution is 2.69. The van der Waals surface area contributed by atoms with Crippen LogP contribution in [0.25, 0.3) is 5.76 Å². The Morgan fingerprint density at radius 1 is 0.957 bits per heavy atom. The van der Waals surface area contributed by atoms with Gasteiger partial charge in [0, 0.05) is 5.41 Å². The highest BCUT2D eigenvalue weighted by atomic mass is 16.5. The van der Waals surface area contributed by atoms with Crippen LogP contribution in [-0.2, 0) is 23.9 Å². The second-order valence-corrected chi connectivity index (χ2v) is 16.4. The van der Waals surface area contributed by atoms with Gasteiger partial charge < -0.3 is 20.1 Å². The van der Waals surface area contributed by atoms with Crippen molar-refractivity contribution in [3.63, 3.8) is 0 Å². The van der Waals surface area contributed by atoms with E-state index in [0.717, 1.165) is 38.5 Å². The van der Waals surface area contributed by atoms with Crippen molar-refractivity contribution in [1.82, 2.24) is 0 Å². The fraction of sp³-hybridized carbons (Fsp3) is 0.632. The first kappa shape index (κ1) is 31.3. The monoisotopic (exact) mass is 630 g/mol. The van der Waals surface area contributed by atoms with Crippen LogP contribution in [0.4, 0.5) is 0 Å². The van der Waals surface area contributed by atoms with Crippen molar-refractivity contribution >= 4 is 29.1 Å². The molecule has 0 amide bonds. The van der Waals surface area contributed by atoms with Crippen molar-refractivity contribution in [2.45, 2.75) is 105 Å². The molecule has 8 nitrogen and oxygen atoms in total. The first-order valence-electron chi connectivity index (χ1n) is 17.0. The van der Waals surface area contributed by atoms with Crippen molar-refractivity contribution in [2.75, 3.05) is 0 Å². The summed E-state index contributed by atoms with van der Waals surface area (Å²) in [6.07, 6.45) is 4.34. The van der Waals surface area contributed by atoms with E-state index in [4.69, 9.17) is 4.74 Å². The molecule has 7 aliphatic rings. The molecule has 0 radical (unpaired) electrons. The third-order valence-corrected chi connectivity index (χ3v) is 13.7. The highest BCUT2D eigenvalue weighted by molar-refractivity contribution is 6.34. The Morgan fingerprint density at radius 3 is 2.04 bits per heavy atom.